The predicted octanol–water partition coefficient (Wildman–Crippen LogP) is 4.23. The fourth-order valence-electron chi connectivity index (χ4n) is 3.24. The second-order valence-corrected chi connectivity index (χ2v) is 8.81. The van der Waals surface area contributed by atoms with Crippen molar-refractivity contribution in [3.63, 3.8) is 0 Å². The molecule has 7 nitrogen and oxygen atoms in total. The number of benzene rings is 2. The zero-order valence-corrected chi connectivity index (χ0v) is 18.0. The maximum absolute atomic E-state index is 13.2. The van der Waals surface area contributed by atoms with E-state index in [9.17, 15) is 18.3 Å². The molecule has 9 heteroatoms. The van der Waals surface area contributed by atoms with Gasteiger partial charge in [-0.2, -0.15) is 3.97 Å². The van der Waals surface area contributed by atoms with Crippen LogP contribution in [0.4, 0.5) is 0 Å². The Kier molecular flexibility index (Phi) is 5.74. The van der Waals surface area contributed by atoms with Crippen LogP contribution >= 0.6 is 11.6 Å². The molecule has 0 aliphatic rings. The lowest BCUT2D eigenvalue weighted by molar-refractivity contribution is 0.409. The minimum absolute atomic E-state index is 0.0812. The molecule has 0 amide bonds. The zero-order chi connectivity index (χ0) is 22.2. The molecule has 0 saturated carbocycles. The number of nitrogens with zero attached hydrogens (tertiary/aromatic N) is 1. The average Bonchev–Trinajstić information content (AvgIpc) is 2.67. The van der Waals surface area contributed by atoms with Gasteiger partial charge in [0, 0.05) is 39.4 Å². The highest BCUT2D eigenvalue weighted by atomic mass is 35.5. The van der Waals surface area contributed by atoms with Crippen LogP contribution in [-0.2, 0) is 10.0 Å². The third-order valence-corrected chi connectivity index (χ3v) is 6.51. The highest BCUT2D eigenvalue weighted by Gasteiger charge is 2.23. The van der Waals surface area contributed by atoms with Crippen LogP contribution in [0.5, 0.6) is 5.75 Å². The first kappa shape index (κ1) is 21.6. The Balaban J connectivity index is 2.39. The smallest absolute Gasteiger partial charge is 0.271 e. The van der Waals surface area contributed by atoms with E-state index in [2.05, 4.69) is 0 Å². The first-order valence-electron chi connectivity index (χ1n) is 8.78. The molecular weight excluding hydrogens is 428 g/mol. The quantitative estimate of drug-likeness (QED) is 0.450. The van der Waals surface area contributed by atoms with Crippen molar-refractivity contribution >= 4 is 43.8 Å². The van der Waals surface area contributed by atoms with Gasteiger partial charge in [-0.3, -0.25) is 4.79 Å². The molecule has 0 unspecified atom stereocenters. The largest absolute Gasteiger partial charge is 0.512 e. The maximum atomic E-state index is 13.2. The fraction of sp³-hybridized carbons (Fsp3) is 0.143. The number of allylic oxidation sites excluding steroid dienone is 2. The molecule has 0 atom stereocenters. The van der Waals surface area contributed by atoms with E-state index in [0.29, 0.717) is 19.9 Å². The van der Waals surface area contributed by atoms with Gasteiger partial charge in [0.2, 0.25) is 0 Å². The number of nitrogens with one attached hydrogen (secondary N) is 1. The molecule has 30 heavy (non-hydrogen) atoms. The lowest BCUT2D eigenvalue weighted by Crippen LogP contribution is -2.27. The van der Waals surface area contributed by atoms with Crippen molar-refractivity contribution in [2.75, 3.05) is 7.11 Å². The molecule has 1 aromatic heterocycles. The molecular formula is C21H19ClN2O5S. The number of ether oxygens (including phenoxy) is 1. The summed E-state index contributed by atoms with van der Waals surface area (Å²) in [6, 6.07) is 11.1. The Labute approximate surface area is 178 Å². The Morgan fingerprint density at radius 3 is 2.27 bits per heavy atom. The van der Waals surface area contributed by atoms with Crippen molar-refractivity contribution in [3.05, 3.63) is 75.2 Å². The summed E-state index contributed by atoms with van der Waals surface area (Å²) in [6.45, 7) is 2.97. The van der Waals surface area contributed by atoms with Crippen LogP contribution < -0.4 is 10.3 Å². The lowest BCUT2D eigenvalue weighted by atomic mass is 9.98. The number of pyridine rings is 1. The minimum atomic E-state index is -4.22. The summed E-state index contributed by atoms with van der Waals surface area (Å²) in [5.41, 5.74) is 0.147. The van der Waals surface area contributed by atoms with Crippen LogP contribution in [0.15, 0.2) is 64.0 Å². The molecule has 0 aliphatic carbocycles. The van der Waals surface area contributed by atoms with Gasteiger partial charge in [0.05, 0.1) is 23.3 Å². The van der Waals surface area contributed by atoms with Gasteiger partial charge in [0.25, 0.3) is 15.6 Å². The van der Waals surface area contributed by atoms with Gasteiger partial charge >= 0.3 is 0 Å². The summed E-state index contributed by atoms with van der Waals surface area (Å²) in [5, 5.41) is 18.8. The molecule has 0 spiro atoms. The average molecular weight is 447 g/mol. The number of hydrogen-bond donors (Lipinski definition) is 2. The van der Waals surface area contributed by atoms with E-state index in [1.54, 1.807) is 6.07 Å². The number of aromatic nitrogens is 1. The molecule has 156 valence electrons. The minimum Gasteiger partial charge on any atom is -0.512 e. The summed E-state index contributed by atoms with van der Waals surface area (Å²) in [4.78, 5) is 12.5. The summed E-state index contributed by atoms with van der Waals surface area (Å²) in [6.07, 6.45) is 0. The topological polar surface area (TPSA) is 109 Å². The normalized spacial score (nSPS) is 12.5. The molecule has 0 aliphatic heterocycles. The first-order valence-corrected chi connectivity index (χ1v) is 10.6. The molecule has 0 radical (unpaired) electrons. The van der Waals surface area contributed by atoms with Crippen LogP contribution in [0.2, 0.25) is 5.02 Å². The molecule has 3 rings (SSSR count). The molecule has 3 aromatic rings. The molecule has 0 saturated heterocycles. The van der Waals surface area contributed by atoms with E-state index < -0.39 is 15.6 Å². The van der Waals surface area contributed by atoms with Crippen molar-refractivity contribution in [3.8, 4) is 5.75 Å². The highest BCUT2D eigenvalue weighted by Crippen LogP contribution is 2.33. The first-order chi connectivity index (χ1) is 14.1. The Morgan fingerprint density at radius 2 is 1.73 bits per heavy atom. The van der Waals surface area contributed by atoms with Crippen LogP contribution in [0.1, 0.15) is 19.4 Å². The van der Waals surface area contributed by atoms with E-state index in [1.807, 2.05) is 0 Å². The maximum Gasteiger partial charge on any atom is 0.271 e. The van der Waals surface area contributed by atoms with Crippen molar-refractivity contribution in [1.29, 1.82) is 5.41 Å². The van der Waals surface area contributed by atoms with Crippen molar-refractivity contribution < 1.29 is 18.3 Å². The number of rotatable bonds is 5. The molecule has 2 aromatic carbocycles. The number of methoxy groups -OCH3 is 1. The van der Waals surface area contributed by atoms with E-state index in [4.69, 9.17) is 21.7 Å². The van der Waals surface area contributed by atoms with Gasteiger partial charge in [-0.1, -0.05) is 11.6 Å². The van der Waals surface area contributed by atoms with E-state index >= 15 is 0 Å². The molecule has 2 N–H and O–H groups in total. The lowest BCUT2D eigenvalue weighted by Gasteiger charge is -2.16. The van der Waals surface area contributed by atoms with Crippen LogP contribution in [0.3, 0.4) is 0 Å². The summed E-state index contributed by atoms with van der Waals surface area (Å²) < 4.78 is 32.5. The Morgan fingerprint density at radius 1 is 1.10 bits per heavy atom. The summed E-state index contributed by atoms with van der Waals surface area (Å²) >= 11 is 5.85. The van der Waals surface area contributed by atoms with Crippen LogP contribution in [0, 0.1) is 5.41 Å². The monoisotopic (exact) mass is 446 g/mol. The van der Waals surface area contributed by atoms with Crippen molar-refractivity contribution in [2.45, 2.75) is 18.7 Å². The van der Waals surface area contributed by atoms with Crippen LogP contribution in [0.25, 0.3) is 16.5 Å². The zero-order valence-electron chi connectivity index (χ0n) is 16.4. The van der Waals surface area contributed by atoms with Gasteiger partial charge in [0.15, 0.2) is 0 Å². The van der Waals surface area contributed by atoms with E-state index in [1.165, 1.54) is 57.4 Å². The Bertz CT molecular complexity index is 1350. The summed E-state index contributed by atoms with van der Waals surface area (Å²) in [7, 11) is -2.84. The Hall–Kier alpha value is -3.10. The number of aliphatic hydroxyl groups excluding tert-OH is 1. The number of aliphatic hydroxyl groups is 1. The molecule has 0 fully saturated rings. The summed E-state index contributed by atoms with van der Waals surface area (Å²) in [5.74, 6) is 0.130. The highest BCUT2D eigenvalue weighted by molar-refractivity contribution is 7.90. The molecule has 0 bridgehead atoms. The van der Waals surface area contributed by atoms with Gasteiger partial charge < -0.3 is 15.3 Å². The van der Waals surface area contributed by atoms with Gasteiger partial charge in [0.1, 0.15) is 5.75 Å². The van der Waals surface area contributed by atoms with E-state index in [-0.39, 0.29) is 33.2 Å². The predicted molar refractivity (Wildman–Crippen MR) is 117 cm³/mol. The SMILES string of the molecule is COc1cc2c(ccc(=O)n2S(=O)(=O)c2ccc(Cl)cc2)cc1/C(C(C)=N)=C(\C)O. The number of fused-ring (bicyclic) bond motifs is 1. The standard InChI is InChI=1S/C21H19ClN2O5S/c1-12(23)21(13(2)25)17-10-14-4-9-20(26)24(18(14)11-19(17)29-3)30(27,28)16-7-5-15(22)6-8-16/h4-11,23,25H,1-3H3/b21-13+,23-12?. The van der Waals surface area contributed by atoms with Crippen molar-refractivity contribution in [1.82, 2.24) is 3.97 Å². The second kappa shape index (κ2) is 7.97. The number of halogens is 1. The van der Waals surface area contributed by atoms with Crippen LogP contribution in [-0.4, -0.2) is 30.3 Å². The third-order valence-electron chi connectivity index (χ3n) is 4.53. The van der Waals surface area contributed by atoms with Gasteiger partial charge in [-0.05, 0) is 50.2 Å². The van der Waals surface area contributed by atoms with Gasteiger partial charge in [-0.15, -0.1) is 0 Å². The number of hydrogen-bond acceptors (Lipinski definition) is 6. The fourth-order valence-corrected chi connectivity index (χ4v) is 4.77. The molecule has 1 heterocycles. The van der Waals surface area contributed by atoms with Gasteiger partial charge in [-0.25, -0.2) is 8.42 Å². The third kappa shape index (κ3) is 3.71. The second-order valence-electron chi connectivity index (χ2n) is 6.59. The van der Waals surface area contributed by atoms with E-state index in [0.717, 1.165) is 6.07 Å². The van der Waals surface area contributed by atoms with Crippen molar-refractivity contribution in [2.24, 2.45) is 0 Å².